The standard InChI is InChI=1S/C27H35ClN2O5/c1-16-3-5-22(21(28)11-16)29-23(32)14-18(4-6-24(33)34)25-20(7-10-31)26(35-30-25)19-12-17(13-19)15-27(2)8-9-27/h3,5,11,17-19,31H,4,6-10,12-15H2,1-2H3,(H,29,32)(H,33,34)/t17?,18-,19?/m0/s1. The normalized spacial score (nSPS) is 21.3. The number of rotatable bonds is 12. The van der Waals surface area contributed by atoms with Crippen LogP contribution in [0.25, 0.3) is 0 Å². The van der Waals surface area contributed by atoms with Crippen molar-refractivity contribution in [1.29, 1.82) is 0 Å². The molecule has 0 saturated heterocycles. The second-order valence-corrected chi connectivity index (χ2v) is 11.2. The number of anilines is 1. The predicted molar refractivity (Wildman–Crippen MR) is 134 cm³/mol. The van der Waals surface area contributed by atoms with Gasteiger partial charge in [-0.2, -0.15) is 0 Å². The molecule has 1 atom stereocenters. The molecule has 3 N–H and O–H groups in total. The quantitative estimate of drug-likeness (QED) is 0.336. The third-order valence-electron chi connectivity index (χ3n) is 7.63. The summed E-state index contributed by atoms with van der Waals surface area (Å²) >= 11 is 6.27. The van der Waals surface area contributed by atoms with Gasteiger partial charge >= 0.3 is 5.97 Å². The fourth-order valence-electron chi connectivity index (χ4n) is 5.35. The first-order valence-corrected chi connectivity index (χ1v) is 12.9. The summed E-state index contributed by atoms with van der Waals surface area (Å²) in [6.45, 7) is 4.21. The number of nitrogens with zero attached hydrogens (tertiary/aromatic N) is 1. The zero-order chi connectivity index (χ0) is 25.2. The lowest BCUT2D eigenvalue weighted by molar-refractivity contribution is -0.137. The number of carbonyl (C=O) groups is 2. The highest BCUT2D eigenvalue weighted by molar-refractivity contribution is 6.33. The van der Waals surface area contributed by atoms with E-state index in [1.165, 1.54) is 19.3 Å². The molecule has 8 heteroatoms. The van der Waals surface area contributed by atoms with Crippen LogP contribution < -0.4 is 5.32 Å². The number of hydrogen-bond acceptors (Lipinski definition) is 5. The maximum Gasteiger partial charge on any atom is 0.303 e. The highest BCUT2D eigenvalue weighted by Gasteiger charge is 2.44. The van der Waals surface area contributed by atoms with Crippen molar-refractivity contribution in [2.45, 2.75) is 83.5 Å². The van der Waals surface area contributed by atoms with Crippen LogP contribution in [0.5, 0.6) is 0 Å². The van der Waals surface area contributed by atoms with Gasteiger partial charge in [0, 0.05) is 43.3 Å². The number of carboxylic acid groups (broad SMARTS) is 1. The number of halogens is 1. The molecular weight excluding hydrogens is 468 g/mol. The fraction of sp³-hybridized carbons (Fsp3) is 0.593. The zero-order valence-corrected chi connectivity index (χ0v) is 21.2. The molecule has 2 aromatic rings. The lowest BCUT2D eigenvalue weighted by atomic mass is 9.68. The molecule has 7 nitrogen and oxygen atoms in total. The van der Waals surface area contributed by atoms with Gasteiger partial charge < -0.3 is 20.1 Å². The monoisotopic (exact) mass is 502 g/mol. The van der Waals surface area contributed by atoms with E-state index in [0.29, 0.717) is 34.2 Å². The average molecular weight is 503 g/mol. The minimum atomic E-state index is -0.931. The molecule has 0 aliphatic heterocycles. The van der Waals surface area contributed by atoms with E-state index >= 15 is 0 Å². The van der Waals surface area contributed by atoms with Crippen molar-refractivity contribution in [3.05, 3.63) is 45.8 Å². The number of benzene rings is 1. The molecule has 1 aromatic heterocycles. The van der Waals surface area contributed by atoms with Crippen LogP contribution in [-0.2, 0) is 16.0 Å². The Hall–Kier alpha value is -2.38. The minimum absolute atomic E-state index is 0.0491. The molecule has 35 heavy (non-hydrogen) atoms. The molecule has 0 spiro atoms. The second-order valence-electron chi connectivity index (χ2n) is 10.8. The van der Waals surface area contributed by atoms with Gasteiger partial charge in [-0.15, -0.1) is 0 Å². The maximum atomic E-state index is 12.9. The fourth-order valence-corrected chi connectivity index (χ4v) is 5.63. The van der Waals surface area contributed by atoms with E-state index in [-0.39, 0.29) is 37.7 Å². The molecule has 0 radical (unpaired) electrons. The van der Waals surface area contributed by atoms with Gasteiger partial charge in [0.05, 0.1) is 16.4 Å². The number of aromatic nitrogens is 1. The molecule has 2 aliphatic carbocycles. The summed E-state index contributed by atoms with van der Waals surface area (Å²) < 4.78 is 5.80. The third-order valence-corrected chi connectivity index (χ3v) is 7.94. The number of hydrogen-bond donors (Lipinski definition) is 3. The lowest BCUT2D eigenvalue weighted by Gasteiger charge is -2.36. The second kappa shape index (κ2) is 10.7. The summed E-state index contributed by atoms with van der Waals surface area (Å²) in [5, 5.41) is 26.6. The topological polar surface area (TPSA) is 113 Å². The molecule has 190 valence electrons. The van der Waals surface area contributed by atoms with Crippen LogP contribution in [0, 0.1) is 18.3 Å². The van der Waals surface area contributed by atoms with E-state index in [2.05, 4.69) is 17.4 Å². The Labute approximate surface area is 211 Å². The number of carbonyl (C=O) groups excluding carboxylic acids is 1. The molecule has 2 saturated carbocycles. The third kappa shape index (κ3) is 6.44. The van der Waals surface area contributed by atoms with E-state index in [4.69, 9.17) is 16.1 Å². The first-order valence-electron chi connectivity index (χ1n) is 12.5. The SMILES string of the molecule is Cc1ccc(NC(=O)C[C@H](CCC(=O)O)c2noc(C3CC(CC4(C)CC4)C3)c2CCO)c(Cl)c1. The smallest absolute Gasteiger partial charge is 0.303 e. The molecule has 0 unspecified atom stereocenters. The lowest BCUT2D eigenvalue weighted by Crippen LogP contribution is -2.25. The molecule has 0 bridgehead atoms. The Morgan fingerprint density at radius 2 is 2.06 bits per heavy atom. The number of amides is 1. The van der Waals surface area contributed by atoms with Crippen molar-refractivity contribution >= 4 is 29.2 Å². The van der Waals surface area contributed by atoms with E-state index in [0.717, 1.165) is 29.7 Å². The van der Waals surface area contributed by atoms with Gasteiger partial charge in [-0.05, 0) is 74.5 Å². The summed E-state index contributed by atoms with van der Waals surface area (Å²) in [5.41, 5.74) is 3.45. The average Bonchev–Trinajstić information content (AvgIpc) is 3.36. The molecule has 1 amide bonds. The van der Waals surface area contributed by atoms with Crippen LogP contribution in [0.2, 0.25) is 5.02 Å². The molecule has 4 rings (SSSR count). The Morgan fingerprint density at radius 1 is 1.31 bits per heavy atom. The Morgan fingerprint density at radius 3 is 2.69 bits per heavy atom. The Kier molecular flexibility index (Phi) is 7.86. The van der Waals surface area contributed by atoms with Crippen molar-refractivity contribution in [1.82, 2.24) is 5.16 Å². The summed E-state index contributed by atoms with van der Waals surface area (Å²) in [6.07, 6.45) is 6.57. The molecule has 2 fully saturated rings. The number of aliphatic hydroxyl groups excluding tert-OH is 1. The summed E-state index contributed by atoms with van der Waals surface area (Å²) in [7, 11) is 0. The van der Waals surface area contributed by atoms with E-state index in [1.54, 1.807) is 12.1 Å². The van der Waals surface area contributed by atoms with Gasteiger partial charge in [0.15, 0.2) is 0 Å². The van der Waals surface area contributed by atoms with Crippen LogP contribution in [0.15, 0.2) is 22.7 Å². The van der Waals surface area contributed by atoms with E-state index in [9.17, 15) is 19.8 Å². The van der Waals surface area contributed by atoms with Crippen LogP contribution in [-0.4, -0.2) is 33.9 Å². The first-order chi connectivity index (χ1) is 16.7. The number of aliphatic carboxylic acids is 1. The van der Waals surface area contributed by atoms with Gasteiger partial charge in [0.2, 0.25) is 5.91 Å². The summed E-state index contributed by atoms with van der Waals surface area (Å²) in [4.78, 5) is 24.2. The van der Waals surface area contributed by atoms with Crippen LogP contribution in [0.3, 0.4) is 0 Å². The number of nitrogens with one attached hydrogen (secondary N) is 1. The Balaban J connectivity index is 1.49. The molecular formula is C27H35ClN2O5. The van der Waals surface area contributed by atoms with E-state index < -0.39 is 11.9 Å². The van der Waals surface area contributed by atoms with Crippen LogP contribution >= 0.6 is 11.6 Å². The van der Waals surface area contributed by atoms with Crippen molar-refractivity contribution in [3.8, 4) is 0 Å². The number of aryl methyl sites for hydroxylation is 1. The Bertz CT molecular complexity index is 1070. The van der Waals surface area contributed by atoms with Crippen molar-refractivity contribution in [2.24, 2.45) is 11.3 Å². The van der Waals surface area contributed by atoms with Gasteiger partial charge in [-0.1, -0.05) is 29.7 Å². The van der Waals surface area contributed by atoms with Gasteiger partial charge in [-0.3, -0.25) is 9.59 Å². The number of aliphatic hydroxyl groups is 1. The minimum Gasteiger partial charge on any atom is -0.481 e. The summed E-state index contributed by atoms with van der Waals surface area (Å²) in [5.74, 6) is 0.123. The highest BCUT2D eigenvalue weighted by atomic mass is 35.5. The van der Waals surface area contributed by atoms with Gasteiger partial charge in [0.1, 0.15) is 5.76 Å². The van der Waals surface area contributed by atoms with Crippen LogP contribution in [0.1, 0.15) is 92.7 Å². The summed E-state index contributed by atoms with van der Waals surface area (Å²) in [6, 6.07) is 5.39. The van der Waals surface area contributed by atoms with Crippen molar-refractivity contribution in [3.63, 3.8) is 0 Å². The molecule has 2 aliphatic rings. The molecule has 1 aromatic carbocycles. The van der Waals surface area contributed by atoms with Gasteiger partial charge in [-0.25, -0.2) is 0 Å². The number of carboxylic acids is 1. The highest BCUT2D eigenvalue weighted by Crippen LogP contribution is 2.56. The van der Waals surface area contributed by atoms with Crippen molar-refractivity contribution in [2.75, 3.05) is 11.9 Å². The zero-order valence-electron chi connectivity index (χ0n) is 20.5. The molecule has 1 heterocycles. The van der Waals surface area contributed by atoms with Gasteiger partial charge in [0.25, 0.3) is 0 Å². The maximum absolute atomic E-state index is 12.9. The first kappa shape index (κ1) is 25.7. The van der Waals surface area contributed by atoms with E-state index in [1.807, 2.05) is 13.0 Å². The predicted octanol–water partition coefficient (Wildman–Crippen LogP) is 5.83. The van der Waals surface area contributed by atoms with Crippen molar-refractivity contribution < 1.29 is 24.3 Å². The largest absolute Gasteiger partial charge is 0.481 e. The van der Waals surface area contributed by atoms with Crippen LogP contribution in [0.4, 0.5) is 5.69 Å².